The van der Waals surface area contributed by atoms with Gasteiger partial charge in [0.25, 0.3) is 11.8 Å². The standard InChI is InChI=1S/C27H28N2O6/c1-3-33-23-15-9-10-16-24(23)34-18-26(31)35-17-25(30)29-22-14-8-7-13-21(22)27(32)28-19(2)20-11-5-4-6-12-20/h4-16,19H,3,17-18H2,1-2H3,(H,28,32)(H,29,30). The summed E-state index contributed by atoms with van der Waals surface area (Å²) in [5.41, 5.74) is 1.57. The van der Waals surface area contributed by atoms with Crippen molar-refractivity contribution in [3.8, 4) is 11.5 Å². The highest BCUT2D eigenvalue weighted by atomic mass is 16.6. The minimum atomic E-state index is -0.714. The van der Waals surface area contributed by atoms with Gasteiger partial charge >= 0.3 is 5.97 Å². The summed E-state index contributed by atoms with van der Waals surface area (Å²) in [5, 5.41) is 5.54. The molecule has 1 atom stereocenters. The molecule has 0 bridgehead atoms. The Morgan fingerprint density at radius 2 is 1.43 bits per heavy atom. The normalized spacial score (nSPS) is 11.1. The van der Waals surface area contributed by atoms with Crippen LogP contribution in [0.3, 0.4) is 0 Å². The molecule has 0 heterocycles. The second-order valence-electron chi connectivity index (χ2n) is 7.53. The molecule has 35 heavy (non-hydrogen) atoms. The number of amides is 2. The molecule has 182 valence electrons. The molecule has 0 aromatic heterocycles. The first kappa shape index (κ1) is 25.3. The van der Waals surface area contributed by atoms with Gasteiger partial charge in [-0.3, -0.25) is 9.59 Å². The Bertz CT molecular complexity index is 1150. The van der Waals surface area contributed by atoms with Gasteiger partial charge in [0.1, 0.15) is 0 Å². The van der Waals surface area contributed by atoms with E-state index >= 15 is 0 Å². The smallest absolute Gasteiger partial charge is 0.344 e. The lowest BCUT2D eigenvalue weighted by Gasteiger charge is -2.16. The molecule has 0 aliphatic heterocycles. The van der Waals surface area contributed by atoms with Crippen molar-refractivity contribution in [3.63, 3.8) is 0 Å². The quantitative estimate of drug-likeness (QED) is 0.403. The summed E-state index contributed by atoms with van der Waals surface area (Å²) in [5.74, 6) is -0.716. The van der Waals surface area contributed by atoms with Gasteiger partial charge < -0.3 is 24.8 Å². The lowest BCUT2D eigenvalue weighted by molar-refractivity contribution is -0.149. The third-order valence-electron chi connectivity index (χ3n) is 4.95. The molecule has 8 nitrogen and oxygen atoms in total. The molecule has 1 unspecified atom stereocenters. The van der Waals surface area contributed by atoms with Crippen LogP contribution in [0.2, 0.25) is 0 Å². The Kier molecular flexibility index (Phi) is 9.24. The van der Waals surface area contributed by atoms with Gasteiger partial charge in [-0.05, 0) is 43.7 Å². The molecule has 0 radical (unpaired) electrons. The number of para-hydroxylation sites is 3. The number of rotatable bonds is 11. The Morgan fingerprint density at radius 3 is 2.14 bits per heavy atom. The summed E-state index contributed by atoms with van der Waals surface area (Å²) < 4.78 is 15.9. The van der Waals surface area contributed by atoms with Crippen LogP contribution in [0.25, 0.3) is 0 Å². The van der Waals surface area contributed by atoms with Gasteiger partial charge in [-0.2, -0.15) is 0 Å². The van der Waals surface area contributed by atoms with Crippen molar-refractivity contribution in [1.82, 2.24) is 5.32 Å². The van der Waals surface area contributed by atoms with Gasteiger partial charge in [0.15, 0.2) is 24.7 Å². The highest BCUT2D eigenvalue weighted by molar-refractivity contribution is 6.04. The predicted molar refractivity (Wildman–Crippen MR) is 131 cm³/mol. The first-order valence-electron chi connectivity index (χ1n) is 11.2. The summed E-state index contributed by atoms with van der Waals surface area (Å²) in [4.78, 5) is 37.2. The Hall–Kier alpha value is -4.33. The highest BCUT2D eigenvalue weighted by Crippen LogP contribution is 2.26. The van der Waals surface area contributed by atoms with Crippen LogP contribution in [-0.2, 0) is 14.3 Å². The molecule has 0 saturated heterocycles. The van der Waals surface area contributed by atoms with Crippen LogP contribution >= 0.6 is 0 Å². The van der Waals surface area contributed by atoms with Gasteiger partial charge in [-0.15, -0.1) is 0 Å². The first-order valence-corrected chi connectivity index (χ1v) is 11.2. The van der Waals surface area contributed by atoms with E-state index in [4.69, 9.17) is 14.2 Å². The number of carbonyl (C=O) groups is 3. The monoisotopic (exact) mass is 476 g/mol. The van der Waals surface area contributed by atoms with Gasteiger partial charge in [-0.1, -0.05) is 54.6 Å². The number of hydrogen-bond acceptors (Lipinski definition) is 6. The van der Waals surface area contributed by atoms with Gasteiger partial charge in [0, 0.05) is 0 Å². The lowest BCUT2D eigenvalue weighted by atomic mass is 10.1. The number of benzene rings is 3. The van der Waals surface area contributed by atoms with E-state index < -0.39 is 18.5 Å². The maximum atomic E-state index is 12.8. The van der Waals surface area contributed by atoms with Crippen LogP contribution in [0.4, 0.5) is 5.69 Å². The molecular formula is C27H28N2O6. The molecule has 3 aromatic rings. The van der Waals surface area contributed by atoms with E-state index in [0.29, 0.717) is 29.4 Å². The van der Waals surface area contributed by atoms with E-state index in [-0.39, 0.29) is 18.6 Å². The molecule has 2 amide bonds. The fraction of sp³-hybridized carbons (Fsp3) is 0.222. The Morgan fingerprint density at radius 1 is 0.800 bits per heavy atom. The molecule has 0 aliphatic rings. The summed E-state index contributed by atoms with van der Waals surface area (Å²) >= 11 is 0. The second-order valence-corrected chi connectivity index (χ2v) is 7.53. The third kappa shape index (κ3) is 7.60. The lowest BCUT2D eigenvalue weighted by Crippen LogP contribution is -2.29. The van der Waals surface area contributed by atoms with E-state index in [2.05, 4.69) is 10.6 Å². The molecule has 3 rings (SSSR count). The zero-order chi connectivity index (χ0) is 25.0. The van der Waals surface area contributed by atoms with E-state index in [9.17, 15) is 14.4 Å². The molecular weight excluding hydrogens is 448 g/mol. The summed E-state index contributed by atoms with van der Waals surface area (Å²) in [6, 6.07) is 22.9. The van der Waals surface area contributed by atoms with E-state index in [1.54, 1.807) is 48.5 Å². The molecule has 0 saturated carbocycles. The topological polar surface area (TPSA) is 103 Å². The van der Waals surface area contributed by atoms with Crippen molar-refractivity contribution in [3.05, 3.63) is 90.0 Å². The molecule has 2 N–H and O–H groups in total. The van der Waals surface area contributed by atoms with Crippen molar-refractivity contribution in [2.75, 3.05) is 25.1 Å². The highest BCUT2D eigenvalue weighted by Gasteiger charge is 2.17. The summed E-state index contributed by atoms with van der Waals surface area (Å²) in [6.45, 7) is 3.27. The van der Waals surface area contributed by atoms with Gasteiger partial charge in [0.2, 0.25) is 0 Å². The minimum Gasteiger partial charge on any atom is -0.490 e. The van der Waals surface area contributed by atoms with Crippen LogP contribution in [0.1, 0.15) is 35.8 Å². The van der Waals surface area contributed by atoms with Crippen molar-refractivity contribution in [1.29, 1.82) is 0 Å². The Labute approximate surface area is 204 Å². The van der Waals surface area contributed by atoms with Crippen LogP contribution in [0.15, 0.2) is 78.9 Å². The van der Waals surface area contributed by atoms with Crippen LogP contribution in [0.5, 0.6) is 11.5 Å². The third-order valence-corrected chi connectivity index (χ3v) is 4.95. The van der Waals surface area contributed by atoms with E-state index in [0.717, 1.165) is 5.56 Å². The molecule has 8 heteroatoms. The predicted octanol–water partition coefficient (Wildman–Crippen LogP) is 4.14. The average Bonchev–Trinajstić information content (AvgIpc) is 2.88. The van der Waals surface area contributed by atoms with Crippen LogP contribution in [0, 0.1) is 0 Å². The fourth-order valence-corrected chi connectivity index (χ4v) is 3.24. The first-order chi connectivity index (χ1) is 17.0. The average molecular weight is 477 g/mol. The van der Waals surface area contributed by atoms with Gasteiger partial charge in [0.05, 0.1) is 23.9 Å². The van der Waals surface area contributed by atoms with Crippen molar-refractivity contribution < 1.29 is 28.6 Å². The fourth-order valence-electron chi connectivity index (χ4n) is 3.24. The minimum absolute atomic E-state index is 0.221. The van der Waals surface area contributed by atoms with Crippen molar-refractivity contribution in [2.45, 2.75) is 19.9 Å². The number of esters is 1. The molecule has 0 fully saturated rings. The zero-order valence-electron chi connectivity index (χ0n) is 19.7. The second kappa shape index (κ2) is 12.8. The maximum absolute atomic E-state index is 12.8. The SMILES string of the molecule is CCOc1ccccc1OCC(=O)OCC(=O)Nc1ccccc1C(=O)NC(C)c1ccccc1. The molecule has 0 spiro atoms. The number of carbonyl (C=O) groups excluding carboxylic acids is 3. The van der Waals surface area contributed by atoms with E-state index in [1.165, 1.54) is 0 Å². The largest absolute Gasteiger partial charge is 0.490 e. The molecule has 0 aliphatic carbocycles. The maximum Gasteiger partial charge on any atom is 0.344 e. The van der Waals surface area contributed by atoms with E-state index in [1.807, 2.05) is 44.2 Å². The number of anilines is 1. The number of hydrogen-bond donors (Lipinski definition) is 2. The number of nitrogens with one attached hydrogen (secondary N) is 2. The summed E-state index contributed by atoms with van der Waals surface area (Å²) in [7, 11) is 0. The van der Waals surface area contributed by atoms with Crippen molar-refractivity contribution in [2.24, 2.45) is 0 Å². The zero-order valence-corrected chi connectivity index (χ0v) is 19.7. The van der Waals surface area contributed by atoms with Gasteiger partial charge in [-0.25, -0.2) is 4.79 Å². The number of ether oxygens (including phenoxy) is 3. The molecule has 3 aromatic carbocycles. The van der Waals surface area contributed by atoms with Crippen LogP contribution < -0.4 is 20.1 Å². The Balaban J connectivity index is 1.51. The summed E-state index contributed by atoms with van der Waals surface area (Å²) in [6.07, 6.45) is 0. The van der Waals surface area contributed by atoms with Crippen molar-refractivity contribution >= 4 is 23.5 Å². The van der Waals surface area contributed by atoms with Crippen LogP contribution in [-0.4, -0.2) is 37.6 Å².